The van der Waals surface area contributed by atoms with Gasteiger partial charge in [0.15, 0.2) is 5.69 Å². The highest BCUT2D eigenvalue weighted by Gasteiger charge is 2.16. The Bertz CT molecular complexity index is 931. The summed E-state index contributed by atoms with van der Waals surface area (Å²) in [7, 11) is 0. The summed E-state index contributed by atoms with van der Waals surface area (Å²) in [4.78, 5) is 3.47. The van der Waals surface area contributed by atoms with Crippen LogP contribution in [0, 0.1) is 17.9 Å². The molecule has 26 heavy (non-hydrogen) atoms. The molecule has 0 radical (unpaired) electrons. The molecule has 0 aliphatic heterocycles. The van der Waals surface area contributed by atoms with E-state index >= 15 is 0 Å². The summed E-state index contributed by atoms with van der Waals surface area (Å²) >= 11 is 0. The van der Waals surface area contributed by atoms with Crippen molar-refractivity contribution >= 4 is 5.69 Å². The van der Waals surface area contributed by atoms with Gasteiger partial charge in [-0.1, -0.05) is 69.3 Å². The van der Waals surface area contributed by atoms with E-state index in [1.165, 1.54) is 5.56 Å². The number of nitrogens with zero attached hydrogens (tertiary/aromatic N) is 2. The van der Waals surface area contributed by atoms with Gasteiger partial charge in [-0.25, -0.2) is 4.85 Å². The van der Waals surface area contributed by atoms with Gasteiger partial charge < -0.3 is 0 Å². The van der Waals surface area contributed by atoms with Crippen molar-refractivity contribution < 1.29 is 0 Å². The molecule has 0 saturated carbocycles. The fourth-order valence-corrected chi connectivity index (χ4v) is 2.86. The van der Waals surface area contributed by atoms with Crippen LogP contribution in [-0.2, 0) is 5.41 Å². The van der Waals surface area contributed by atoms with Crippen molar-refractivity contribution in [1.29, 1.82) is 5.26 Å². The molecule has 0 aliphatic rings. The summed E-state index contributed by atoms with van der Waals surface area (Å²) < 4.78 is 0. The van der Waals surface area contributed by atoms with Crippen molar-refractivity contribution in [2.24, 2.45) is 0 Å². The average Bonchev–Trinajstić information content (AvgIpc) is 2.67. The number of hydrogen-bond acceptors (Lipinski definition) is 1. The predicted octanol–water partition coefficient (Wildman–Crippen LogP) is 6.74. The van der Waals surface area contributed by atoms with Gasteiger partial charge in [0.2, 0.25) is 0 Å². The minimum Gasteiger partial charge on any atom is -0.238 e. The molecule has 0 amide bonds. The first-order valence-corrected chi connectivity index (χ1v) is 8.55. The van der Waals surface area contributed by atoms with Crippen molar-refractivity contribution in [3.63, 3.8) is 0 Å². The smallest absolute Gasteiger partial charge is 0.187 e. The fourth-order valence-electron chi connectivity index (χ4n) is 2.86. The van der Waals surface area contributed by atoms with Gasteiger partial charge in [0.05, 0.1) is 18.2 Å². The molecule has 126 valence electrons. The molecule has 2 heteroatoms. The van der Waals surface area contributed by atoms with Crippen LogP contribution in [0.25, 0.3) is 27.1 Å². The summed E-state index contributed by atoms with van der Waals surface area (Å²) in [6, 6.07) is 24.2. The maximum absolute atomic E-state index is 9.01. The van der Waals surface area contributed by atoms with E-state index in [0.717, 1.165) is 22.3 Å². The van der Waals surface area contributed by atoms with Crippen molar-refractivity contribution in [2.75, 3.05) is 0 Å². The lowest BCUT2D eigenvalue weighted by Gasteiger charge is -2.22. The fraction of sp³-hybridized carbons (Fsp3) is 0.167. The van der Waals surface area contributed by atoms with E-state index in [0.29, 0.717) is 11.3 Å². The summed E-state index contributed by atoms with van der Waals surface area (Å²) in [5.41, 5.74) is 7.03. The molecule has 2 nitrogen and oxygen atoms in total. The van der Waals surface area contributed by atoms with Crippen LogP contribution in [0.1, 0.15) is 31.9 Å². The van der Waals surface area contributed by atoms with E-state index in [1.807, 2.05) is 48.5 Å². The van der Waals surface area contributed by atoms with Crippen molar-refractivity contribution in [1.82, 2.24) is 0 Å². The van der Waals surface area contributed by atoms with Crippen LogP contribution in [0.5, 0.6) is 0 Å². The number of benzene rings is 3. The topological polar surface area (TPSA) is 28.1 Å². The zero-order valence-corrected chi connectivity index (χ0v) is 15.2. The zero-order valence-electron chi connectivity index (χ0n) is 15.2. The highest BCUT2D eigenvalue weighted by atomic mass is 14.6. The van der Waals surface area contributed by atoms with Crippen LogP contribution >= 0.6 is 0 Å². The molecule has 0 atom stereocenters. The van der Waals surface area contributed by atoms with Gasteiger partial charge in [-0.3, -0.25) is 0 Å². The molecule has 0 N–H and O–H groups in total. The second-order valence-corrected chi connectivity index (χ2v) is 7.40. The molecule has 0 aliphatic carbocycles. The Kier molecular flexibility index (Phi) is 4.61. The Labute approximate surface area is 155 Å². The Hall–Kier alpha value is -3.36. The first kappa shape index (κ1) is 17.5. The van der Waals surface area contributed by atoms with Crippen LogP contribution in [0.15, 0.2) is 66.7 Å². The van der Waals surface area contributed by atoms with Gasteiger partial charge in [-0.15, -0.1) is 0 Å². The summed E-state index contributed by atoms with van der Waals surface area (Å²) in [6.45, 7) is 13.7. The molecular formula is C24H20N2. The highest BCUT2D eigenvalue weighted by Crippen LogP contribution is 2.34. The standard InChI is InChI=1S/C24H20N2/c1-24(2,3)22-14-20(18-7-5-17(16-25)6-8-18)13-21(15-22)19-9-11-23(26-4)12-10-19/h5-15H,1-3H3. The lowest BCUT2D eigenvalue weighted by Crippen LogP contribution is -2.11. The lowest BCUT2D eigenvalue weighted by atomic mass is 9.83. The molecular weight excluding hydrogens is 316 g/mol. The van der Waals surface area contributed by atoms with E-state index in [-0.39, 0.29) is 5.41 Å². The second kappa shape index (κ2) is 6.87. The van der Waals surface area contributed by atoms with Gasteiger partial charge in [0, 0.05) is 0 Å². The van der Waals surface area contributed by atoms with Crippen LogP contribution in [0.2, 0.25) is 0 Å². The Morgan fingerprint density at radius 1 is 0.769 bits per heavy atom. The van der Waals surface area contributed by atoms with E-state index in [9.17, 15) is 0 Å². The van der Waals surface area contributed by atoms with Gasteiger partial charge in [0.1, 0.15) is 0 Å². The molecule has 0 bridgehead atoms. The maximum atomic E-state index is 9.01. The molecule has 0 spiro atoms. The molecule has 0 aromatic heterocycles. The quantitative estimate of drug-likeness (QED) is 0.476. The van der Waals surface area contributed by atoms with Gasteiger partial charge >= 0.3 is 0 Å². The Morgan fingerprint density at radius 3 is 1.69 bits per heavy atom. The maximum Gasteiger partial charge on any atom is 0.187 e. The first-order valence-electron chi connectivity index (χ1n) is 8.55. The SMILES string of the molecule is [C-]#[N+]c1ccc(-c2cc(-c3ccc(C#N)cc3)cc(C(C)(C)C)c2)cc1. The third-order valence-electron chi connectivity index (χ3n) is 4.48. The monoisotopic (exact) mass is 336 g/mol. The molecule has 0 saturated heterocycles. The van der Waals surface area contributed by atoms with Gasteiger partial charge in [-0.2, -0.15) is 5.26 Å². The Balaban J connectivity index is 2.15. The largest absolute Gasteiger partial charge is 0.238 e. The minimum atomic E-state index is 0.0216. The minimum absolute atomic E-state index is 0.0216. The summed E-state index contributed by atoms with van der Waals surface area (Å²) in [5.74, 6) is 0. The third kappa shape index (κ3) is 3.66. The summed E-state index contributed by atoms with van der Waals surface area (Å²) in [5, 5.41) is 9.01. The molecule has 3 rings (SSSR count). The van der Waals surface area contributed by atoms with Gasteiger partial charge in [-0.05, 0) is 51.4 Å². The van der Waals surface area contributed by atoms with Crippen molar-refractivity contribution in [3.05, 3.63) is 89.3 Å². The number of nitriles is 1. The van der Waals surface area contributed by atoms with Crippen molar-refractivity contribution in [2.45, 2.75) is 26.2 Å². The van der Waals surface area contributed by atoms with Crippen LogP contribution in [-0.4, -0.2) is 0 Å². The summed E-state index contributed by atoms with van der Waals surface area (Å²) in [6.07, 6.45) is 0. The molecule has 3 aromatic carbocycles. The van der Waals surface area contributed by atoms with Crippen LogP contribution < -0.4 is 0 Å². The molecule has 3 aromatic rings. The lowest BCUT2D eigenvalue weighted by molar-refractivity contribution is 0.590. The second-order valence-electron chi connectivity index (χ2n) is 7.40. The molecule has 0 fully saturated rings. The Morgan fingerprint density at radius 2 is 1.27 bits per heavy atom. The molecule has 0 heterocycles. The van der Waals surface area contributed by atoms with Gasteiger partial charge in [0.25, 0.3) is 0 Å². The highest BCUT2D eigenvalue weighted by molar-refractivity contribution is 5.75. The van der Waals surface area contributed by atoms with E-state index in [1.54, 1.807) is 0 Å². The number of rotatable bonds is 2. The predicted molar refractivity (Wildman–Crippen MR) is 107 cm³/mol. The van der Waals surface area contributed by atoms with Crippen molar-refractivity contribution in [3.8, 4) is 28.3 Å². The van der Waals surface area contributed by atoms with E-state index < -0.39 is 0 Å². The average molecular weight is 336 g/mol. The first-order chi connectivity index (χ1) is 12.4. The number of hydrogen-bond donors (Lipinski definition) is 0. The van der Waals surface area contributed by atoms with Crippen LogP contribution in [0.3, 0.4) is 0 Å². The van der Waals surface area contributed by atoms with E-state index in [4.69, 9.17) is 11.8 Å². The third-order valence-corrected chi connectivity index (χ3v) is 4.48. The van der Waals surface area contributed by atoms with E-state index in [2.05, 4.69) is 49.9 Å². The zero-order chi connectivity index (χ0) is 18.7. The van der Waals surface area contributed by atoms with Crippen LogP contribution in [0.4, 0.5) is 5.69 Å². The normalized spacial score (nSPS) is 10.8. The molecule has 0 unspecified atom stereocenters.